The summed E-state index contributed by atoms with van der Waals surface area (Å²) in [5.74, 6) is 4.67. The van der Waals surface area contributed by atoms with Gasteiger partial charge in [-0.3, -0.25) is 0 Å². The lowest BCUT2D eigenvalue weighted by Gasteiger charge is -2.41. The van der Waals surface area contributed by atoms with E-state index >= 15 is 0 Å². The van der Waals surface area contributed by atoms with Crippen molar-refractivity contribution >= 4 is 0 Å². The van der Waals surface area contributed by atoms with Crippen molar-refractivity contribution < 1.29 is 29.2 Å². The molecule has 7 rings (SSSR count). The van der Waals surface area contributed by atoms with E-state index in [0.29, 0.717) is 12.8 Å². The Balaban J connectivity index is 1.05. The molecule has 6 heteroatoms. The third kappa shape index (κ3) is 13.0. The highest BCUT2D eigenvalue weighted by atomic mass is 16.6. The third-order valence-electron chi connectivity index (χ3n) is 19.4. The Kier molecular flexibility index (Phi) is 18.3. The minimum absolute atomic E-state index is 0.112. The molecule has 4 aliphatic heterocycles. The highest BCUT2D eigenvalue weighted by molar-refractivity contribution is 5.61. The van der Waals surface area contributed by atoms with Crippen LogP contribution in [0.25, 0.3) is 0 Å². The largest absolute Gasteiger partial charge is 0.487 e. The Morgan fingerprint density at radius 1 is 0.600 bits per heavy atom. The number of epoxide rings is 2. The van der Waals surface area contributed by atoms with Gasteiger partial charge in [0.15, 0.2) is 0 Å². The molecule has 0 spiro atoms. The van der Waals surface area contributed by atoms with Crippen LogP contribution >= 0.6 is 0 Å². The lowest BCUT2D eigenvalue weighted by molar-refractivity contribution is 0.0501. The average molecular weight is 1030 g/mol. The predicted octanol–water partition coefficient (Wildman–Crippen LogP) is 17.2. The zero-order valence-corrected chi connectivity index (χ0v) is 50.3. The number of hydrogen-bond donors (Lipinski definition) is 2. The smallest absolute Gasteiger partial charge is 0.127 e. The van der Waals surface area contributed by atoms with E-state index in [9.17, 15) is 10.2 Å². The molecule has 1 aromatic carbocycles. The van der Waals surface area contributed by atoms with Crippen molar-refractivity contribution in [2.45, 2.75) is 267 Å². The normalized spacial score (nSPS) is 34.3. The van der Waals surface area contributed by atoms with E-state index in [1.807, 2.05) is 0 Å². The van der Waals surface area contributed by atoms with Crippen molar-refractivity contribution in [3.8, 4) is 11.5 Å². The molecule has 2 aliphatic carbocycles. The summed E-state index contributed by atoms with van der Waals surface area (Å²) in [6, 6.07) is 0. The fraction of sp³-hybridized carbons (Fsp3) is 0.681. The molecule has 2 saturated heterocycles. The minimum Gasteiger partial charge on any atom is -0.487 e. The number of benzene rings is 1. The molecule has 0 unspecified atom stereocenters. The second kappa shape index (κ2) is 23.1. The molecule has 0 radical (unpaired) electrons. The first-order valence-electron chi connectivity index (χ1n) is 29.8. The molecule has 4 heterocycles. The number of rotatable bonds is 22. The minimum atomic E-state index is -0.385. The fourth-order valence-electron chi connectivity index (χ4n) is 14.7. The molecule has 0 aromatic heterocycles. The van der Waals surface area contributed by atoms with Crippen molar-refractivity contribution in [2.75, 3.05) is 0 Å². The van der Waals surface area contributed by atoms with E-state index in [-0.39, 0.29) is 63.1 Å². The van der Waals surface area contributed by atoms with Gasteiger partial charge in [0.05, 0.1) is 12.2 Å². The molecular weight excluding hydrogens is 925 g/mol. The fourth-order valence-corrected chi connectivity index (χ4v) is 14.7. The van der Waals surface area contributed by atoms with Crippen molar-refractivity contribution in [3.63, 3.8) is 0 Å². The van der Waals surface area contributed by atoms with Crippen LogP contribution in [0.4, 0.5) is 0 Å². The maximum atomic E-state index is 10.7. The van der Waals surface area contributed by atoms with Crippen LogP contribution in [0.3, 0.4) is 0 Å². The van der Waals surface area contributed by atoms with Gasteiger partial charge in [0.2, 0.25) is 0 Å². The van der Waals surface area contributed by atoms with Gasteiger partial charge in [-0.25, -0.2) is 0 Å². The first-order valence-corrected chi connectivity index (χ1v) is 29.8. The Morgan fingerprint density at radius 2 is 1.11 bits per heavy atom. The predicted molar refractivity (Wildman–Crippen MR) is 314 cm³/mol. The van der Waals surface area contributed by atoms with Gasteiger partial charge in [0.1, 0.15) is 45.6 Å². The molecular formula is C69H104O6. The molecule has 4 fully saturated rings. The van der Waals surface area contributed by atoms with Crippen LogP contribution in [0.2, 0.25) is 0 Å². The zero-order chi connectivity index (χ0) is 54.9. The van der Waals surface area contributed by atoms with Crippen LogP contribution in [-0.4, -0.2) is 56.5 Å². The standard InChI is InChI=1S/C69H104O6/c1-46(2)24-20-26-48(4)28-21-29-49(5)31-23-36-65(15)37-35-58-59-41-55(40-51(7)34-39-69-64(13,14)43-57(71)45-67(69,17)75-69)60(72-61(59)53(9)54(10)62(58)73-65)52(8)32-19-18-25-47(3)27-22-30-50(6)33-38-68-63(11,12)42-56(70)44-66(68,16)74-68/h18-19,22,25,27,30,32-34,38-40,46,48-49,55-57,60,70-71H,20-21,23-24,26,28-29,31,35-37,41-45H2,1-17H3/b19-18+,27-22+,38-33+,39-34+,47-25+,50-30+,51-40-,52-32+/t48-,49-,55+,56-,57-,60-,65+,66+,67+,68-,69-/m0/s1. The highest BCUT2D eigenvalue weighted by Crippen LogP contribution is 2.67. The molecule has 0 amide bonds. The number of fused-ring (bicyclic) bond motifs is 5. The summed E-state index contributed by atoms with van der Waals surface area (Å²) in [5, 5.41) is 21.2. The Labute approximate surface area is 457 Å². The van der Waals surface area contributed by atoms with Crippen molar-refractivity contribution in [2.24, 2.45) is 34.5 Å². The van der Waals surface area contributed by atoms with E-state index < -0.39 is 0 Å². The number of allylic oxidation sites excluding steroid dienone is 12. The zero-order valence-electron chi connectivity index (χ0n) is 50.3. The van der Waals surface area contributed by atoms with Gasteiger partial charge in [-0.2, -0.15) is 0 Å². The third-order valence-corrected chi connectivity index (χ3v) is 19.4. The lowest BCUT2D eigenvalue weighted by atomic mass is 9.63. The summed E-state index contributed by atoms with van der Waals surface area (Å²) in [6.07, 6.45) is 43.2. The van der Waals surface area contributed by atoms with E-state index in [1.165, 1.54) is 84.8 Å². The van der Waals surface area contributed by atoms with E-state index in [2.05, 4.69) is 191 Å². The molecule has 2 saturated carbocycles. The first kappa shape index (κ1) is 59.2. The highest BCUT2D eigenvalue weighted by Gasteiger charge is 2.75. The molecule has 0 bridgehead atoms. The number of ether oxygens (including phenoxy) is 4. The molecule has 6 aliphatic rings. The molecule has 1 aromatic rings. The SMILES string of the molecule is CC(=C/[C@@H]1Cc2c3c(c(C)c(C)c2O[C@H]1/C(C)=C/C=C/C=C(C)/C=C/C=C(C)/C=C/[C@@]12O[C@]1(C)C[C@@H](O)CC2(C)C)O[C@](C)(CCC[C@@H](C)CCC[C@@H](C)CCCC(C)C)CC3)/C=C/[C@@]12O[C@]1(C)C[C@@H](O)CC2(C)C. The monoisotopic (exact) mass is 1030 g/mol. The van der Waals surface area contributed by atoms with Crippen LogP contribution in [0.1, 0.15) is 216 Å². The quantitative estimate of drug-likeness (QED) is 0.0889. The van der Waals surface area contributed by atoms with E-state index in [1.54, 1.807) is 0 Å². The van der Waals surface area contributed by atoms with Crippen LogP contribution < -0.4 is 9.47 Å². The summed E-state index contributed by atoms with van der Waals surface area (Å²) in [6.45, 7) is 38.3. The van der Waals surface area contributed by atoms with Gasteiger partial charge in [-0.15, -0.1) is 0 Å². The van der Waals surface area contributed by atoms with Crippen molar-refractivity contribution in [1.29, 1.82) is 0 Å². The van der Waals surface area contributed by atoms with Crippen LogP contribution in [0, 0.1) is 48.3 Å². The van der Waals surface area contributed by atoms with Gasteiger partial charge in [-0.1, -0.05) is 178 Å². The van der Waals surface area contributed by atoms with Crippen molar-refractivity contribution in [1.82, 2.24) is 0 Å². The maximum absolute atomic E-state index is 10.7. The summed E-state index contributed by atoms with van der Waals surface area (Å²) in [7, 11) is 0. The summed E-state index contributed by atoms with van der Waals surface area (Å²) >= 11 is 0. The Bertz CT molecular complexity index is 2450. The maximum Gasteiger partial charge on any atom is 0.127 e. The Morgan fingerprint density at radius 3 is 1.68 bits per heavy atom. The second-order valence-electron chi connectivity index (χ2n) is 27.8. The average Bonchev–Trinajstić information content (AvgIpc) is 4.16. The lowest BCUT2D eigenvalue weighted by Crippen LogP contribution is -2.46. The summed E-state index contributed by atoms with van der Waals surface area (Å²) in [5.41, 5.74) is 7.96. The molecule has 2 N–H and O–H groups in total. The van der Waals surface area contributed by atoms with Crippen LogP contribution in [0.15, 0.2) is 95.2 Å². The van der Waals surface area contributed by atoms with Crippen molar-refractivity contribution in [3.05, 3.63) is 117 Å². The Hall–Kier alpha value is -3.42. The van der Waals surface area contributed by atoms with Gasteiger partial charge >= 0.3 is 0 Å². The summed E-state index contributed by atoms with van der Waals surface area (Å²) in [4.78, 5) is 0. The molecule has 11 atom stereocenters. The second-order valence-corrected chi connectivity index (χ2v) is 27.8. The van der Waals surface area contributed by atoms with Gasteiger partial charge < -0.3 is 29.2 Å². The molecule has 6 nitrogen and oxygen atoms in total. The summed E-state index contributed by atoms with van der Waals surface area (Å²) < 4.78 is 27.4. The molecule has 416 valence electrons. The van der Waals surface area contributed by atoms with Gasteiger partial charge in [-0.05, 0) is 154 Å². The van der Waals surface area contributed by atoms with E-state index in [0.717, 1.165) is 78.9 Å². The van der Waals surface area contributed by atoms with Crippen LogP contribution in [-0.2, 0) is 22.3 Å². The molecule has 75 heavy (non-hydrogen) atoms. The number of aliphatic hydroxyl groups excluding tert-OH is 2. The topological polar surface area (TPSA) is 84.0 Å². The number of aliphatic hydroxyl groups is 2. The van der Waals surface area contributed by atoms with Crippen LogP contribution in [0.5, 0.6) is 11.5 Å². The van der Waals surface area contributed by atoms with E-state index in [4.69, 9.17) is 18.9 Å². The number of hydrogen-bond acceptors (Lipinski definition) is 6. The first-order chi connectivity index (χ1) is 35.1. The van der Waals surface area contributed by atoms with Gasteiger partial charge in [0, 0.05) is 40.7 Å². The van der Waals surface area contributed by atoms with Gasteiger partial charge in [0.25, 0.3) is 0 Å².